The van der Waals surface area contributed by atoms with E-state index < -0.39 is 0 Å². The molecular formula is C11H14N4S2. The van der Waals surface area contributed by atoms with Crippen LogP contribution in [-0.4, -0.2) is 31.8 Å². The summed E-state index contributed by atoms with van der Waals surface area (Å²) in [5.41, 5.74) is 0.990. The minimum absolute atomic E-state index is 0.671. The van der Waals surface area contributed by atoms with E-state index in [4.69, 9.17) is 12.2 Å². The number of pyridine rings is 1. The molecule has 0 amide bonds. The van der Waals surface area contributed by atoms with E-state index in [1.165, 1.54) is 0 Å². The molecule has 0 radical (unpaired) electrons. The van der Waals surface area contributed by atoms with Crippen LogP contribution < -0.4 is 0 Å². The first kappa shape index (κ1) is 12.3. The van der Waals surface area contributed by atoms with Crippen LogP contribution in [0.4, 0.5) is 0 Å². The molecule has 0 fully saturated rings. The maximum atomic E-state index is 5.24. The number of H-pyrrole nitrogens is 1. The molecule has 2 rings (SSSR count). The molecule has 0 spiro atoms. The molecule has 2 heterocycles. The third-order valence-corrected chi connectivity index (χ3v) is 3.42. The van der Waals surface area contributed by atoms with Gasteiger partial charge in [-0.1, -0.05) is 0 Å². The van der Waals surface area contributed by atoms with Gasteiger partial charge in [0.25, 0.3) is 0 Å². The van der Waals surface area contributed by atoms with Crippen molar-refractivity contribution in [2.45, 2.75) is 13.0 Å². The van der Waals surface area contributed by atoms with Crippen molar-refractivity contribution in [1.82, 2.24) is 19.7 Å². The summed E-state index contributed by atoms with van der Waals surface area (Å²) in [5, 5.41) is 7.11. The van der Waals surface area contributed by atoms with Crippen molar-refractivity contribution in [3.8, 4) is 11.4 Å². The van der Waals surface area contributed by atoms with Gasteiger partial charge >= 0.3 is 0 Å². The van der Waals surface area contributed by atoms with Gasteiger partial charge in [-0.05, 0) is 42.8 Å². The van der Waals surface area contributed by atoms with Crippen LogP contribution in [0.25, 0.3) is 11.4 Å². The minimum atomic E-state index is 0.671. The lowest BCUT2D eigenvalue weighted by Crippen LogP contribution is -2.02. The Bertz CT molecular complexity index is 518. The van der Waals surface area contributed by atoms with Crippen molar-refractivity contribution in [1.29, 1.82) is 0 Å². The van der Waals surface area contributed by atoms with E-state index in [-0.39, 0.29) is 0 Å². The first-order chi connectivity index (χ1) is 8.33. The second-order valence-electron chi connectivity index (χ2n) is 3.59. The van der Waals surface area contributed by atoms with Crippen LogP contribution in [-0.2, 0) is 6.54 Å². The van der Waals surface area contributed by atoms with E-state index in [0.717, 1.165) is 30.1 Å². The molecule has 6 heteroatoms. The second kappa shape index (κ2) is 5.97. The summed E-state index contributed by atoms with van der Waals surface area (Å²) in [4.78, 5) is 4.10. The monoisotopic (exact) mass is 266 g/mol. The average Bonchev–Trinajstić information content (AvgIpc) is 2.73. The van der Waals surface area contributed by atoms with Gasteiger partial charge in [-0.15, -0.1) is 0 Å². The molecule has 0 unspecified atom stereocenters. The zero-order valence-corrected chi connectivity index (χ0v) is 11.2. The maximum absolute atomic E-state index is 5.24. The molecule has 0 saturated carbocycles. The number of nitrogens with one attached hydrogen (secondary N) is 1. The standard InChI is InChI=1S/C11H14N4S2/c1-17-7-3-6-15-10(13-14-11(15)16)9-4-2-5-12-8-9/h2,4-5,8H,3,6-7H2,1H3,(H,14,16). The quantitative estimate of drug-likeness (QED) is 0.668. The number of aromatic amines is 1. The van der Waals surface area contributed by atoms with E-state index >= 15 is 0 Å². The molecule has 0 aliphatic carbocycles. The smallest absolute Gasteiger partial charge is 0.195 e. The first-order valence-corrected chi connectivity index (χ1v) is 7.17. The van der Waals surface area contributed by atoms with Gasteiger partial charge in [0.15, 0.2) is 10.6 Å². The van der Waals surface area contributed by atoms with E-state index in [1.807, 2.05) is 28.5 Å². The largest absolute Gasteiger partial charge is 0.300 e. The van der Waals surface area contributed by atoms with Crippen LogP contribution in [0.5, 0.6) is 0 Å². The molecule has 2 aromatic rings. The highest BCUT2D eigenvalue weighted by atomic mass is 32.2. The van der Waals surface area contributed by atoms with E-state index in [0.29, 0.717) is 4.77 Å². The van der Waals surface area contributed by atoms with Crippen LogP contribution in [0.1, 0.15) is 6.42 Å². The first-order valence-electron chi connectivity index (χ1n) is 5.37. The molecule has 0 aromatic carbocycles. The van der Waals surface area contributed by atoms with Gasteiger partial charge in [-0.2, -0.15) is 16.9 Å². The molecule has 4 nitrogen and oxygen atoms in total. The average molecular weight is 266 g/mol. The van der Waals surface area contributed by atoms with Crippen LogP contribution >= 0.6 is 24.0 Å². The predicted octanol–water partition coefficient (Wildman–Crippen LogP) is 2.76. The second-order valence-corrected chi connectivity index (χ2v) is 4.96. The highest BCUT2D eigenvalue weighted by Gasteiger charge is 2.07. The van der Waals surface area contributed by atoms with E-state index in [2.05, 4.69) is 21.4 Å². The van der Waals surface area contributed by atoms with Gasteiger partial charge in [0, 0.05) is 24.5 Å². The highest BCUT2D eigenvalue weighted by Crippen LogP contribution is 2.16. The molecule has 90 valence electrons. The van der Waals surface area contributed by atoms with Gasteiger partial charge in [0.05, 0.1) is 0 Å². The lowest BCUT2D eigenvalue weighted by atomic mass is 10.2. The Morgan fingerprint density at radius 1 is 1.53 bits per heavy atom. The van der Waals surface area contributed by atoms with Gasteiger partial charge in [-0.25, -0.2) is 0 Å². The Morgan fingerprint density at radius 3 is 3.12 bits per heavy atom. The number of thioether (sulfide) groups is 1. The summed E-state index contributed by atoms with van der Waals surface area (Å²) in [7, 11) is 0. The zero-order chi connectivity index (χ0) is 12.1. The zero-order valence-electron chi connectivity index (χ0n) is 9.59. The summed E-state index contributed by atoms with van der Waals surface area (Å²) < 4.78 is 2.70. The van der Waals surface area contributed by atoms with E-state index in [9.17, 15) is 0 Å². The van der Waals surface area contributed by atoms with Crippen molar-refractivity contribution >= 4 is 24.0 Å². The maximum Gasteiger partial charge on any atom is 0.195 e. The van der Waals surface area contributed by atoms with Crippen LogP contribution in [0, 0.1) is 4.77 Å². The van der Waals surface area contributed by atoms with Gasteiger partial charge in [0.2, 0.25) is 0 Å². The fourth-order valence-electron chi connectivity index (χ4n) is 1.61. The Balaban J connectivity index is 2.26. The Morgan fingerprint density at radius 2 is 2.41 bits per heavy atom. The summed E-state index contributed by atoms with van der Waals surface area (Å²) >= 11 is 7.08. The van der Waals surface area contributed by atoms with Crippen molar-refractivity contribution in [3.05, 3.63) is 29.3 Å². The number of hydrogen-bond donors (Lipinski definition) is 1. The number of aromatic nitrogens is 4. The van der Waals surface area contributed by atoms with Crippen LogP contribution in [0.3, 0.4) is 0 Å². The summed E-state index contributed by atoms with van der Waals surface area (Å²) in [5.74, 6) is 1.99. The normalized spacial score (nSPS) is 10.6. The Hall–Kier alpha value is -1.14. The fraction of sp³-hybridized carbons (Fsp3) is 0.364. The topological polar surface area (TPSA) is 46.5 Å². The van der Waals surface area contributed by atoms with Crippen molar-refractivity contribution < 1.29 is 0 Å². The SMILES string of the molecule is CSCCCn1c(-c2cccnc2)n[nH]c1=S. The summed E-state index contributed by atoms with van der Waals surface area (Å²) in [6, 6.07) is 3.89. The van der Waals surface area contributed by atoms with Crippen LogP contribution in [0.15, 0.2) is 24.5 Å². The molecule has 0 saturated heterocycles. The van der Waals surface area contributed by atoms with Gasteiger partial charge in [-0.3, -0.25) is 10.1 Å². The molecule has 0 aliphatic heterocycles. The van der Waals surface area contributed by atoms with Gasteiger partial charge < -0.3 is 4.57 Å². The van der Waals surface area contributed by atoms with E-state index in [1.54, 1.807) is 12.4 Å². The Labute approximate surface area is 109 Å². The Kier molecular flexibility index (Phi) is 4.33. The number of rotatable bonds is 5. The highest BCUT2D eigenvalue weighted by molar-refractivity contribution is 7.98. The van der Waals surface area contributed by atoms with Crippen molar-refractivity contribution in [2.75, 3.05) is 12.0 Å². The third kappa shape index (κ3) is 2.95. The fourth-order valence-corrected chi connectivity index (χ4v) is 2.25. The summed E-state index contributed by atoms with van der Waals surface area (Å²) in [6.45, 7) is 0.889. The lowest BCUT2D eigenvalue weighted by Gasteiger charge is -2.05. The predicted molar refractivity (Wildman–Crippen MR) is 73.6 cm³/mol. The van der Waals surface area contributed by atoms with Crippen LogP contribution in [0.2, 0.25) is 0 Å². The van der Waals surface area contributed by atoms with Crippen molar-refractivity contribution in [2.24, 2.45) is 0 Å². The molecule has 0 atom stereocenters. The third-order valence-electron chi connectivity index (χ3n) is 2.41. The minimum Gasteiger partial charge on any atom is -0.300 e. The molecule has 0 bridgehead atoms. The lowest BCUT2D eigenvalue weighted by molar-refractivity contribution is 0.680. The molecule has 17 heavy (non-hydrogen) atoms. The summed E-state index contributed by atoms with van der Waals surface area (Å²) in [6.07, 6.45) is 6.75. The molecule has 0 aliphatic rings. The van der Waals surface area contributed by atoms with Crippen molar-refractivity contribution in [3.63, 3.8) is 0 Å². The molecule has 1 N–H and O–H groups in total. The number of nitrogens with zero attached hydrogens (tertiary/aromatic N) is 3. The number of hydrogen-bond acceptors (Lipinski definition) is 4. The molecule has 2 aromatic heterocycles. The molecular weight excluding hydrogens is 252 g/mol. The van der Waals surface area contributed by atoms with Gasteiger partial charge in [0.1, 0.15) is 0 Å².